The minimum atomic E-state index is 0.153. The first-order chi connectivity index (χ1) is 22.9. The molecule has 2 aromatic carbocycles. The van der Waals surface area contributed by atoms with Gasteiger partial charge in [-0.25, -0.2) is 9.13 Å². The highest BCUT2D eigenvalue weighted by atomic mass is 33.1. The van der Waals surface area contributed by atoms with Crippen molar-refractivity contribution in [3.63, 3.8) is 0 Å². The second-order valence-electron chi connectivity index (χ2n) is 11.6. The molecule has 0 fully saturated rings. The third-order valence-corrected chi connectivity index (χ3v) is 10.6. The monoisotopic (exact) mass is 670 g/mol. The molecule has 0 atom stereocenters. The Morgan fingerprint density at radius 1 is 0.638 bits per heavy atom. The van der Waals surface area contributed by atoms with Crippen LogP contribution in [0.4, 0.5) is 11.4 Å². The fraction of sp³-hybridized carbons (Fsp3) is 0.333. The standard InChI is InChI=1S/C39H50N4O2S2/c1-5-43(23-27-45)39-13-11-37(33(3)31-39)9-7-35-16-20-42(21-17-35)25-29-47-46-28-24-41-18-14-34(15-19-41)6-8-36-10-12-38(30-32(36)2)40(4)22-26-44/h6-21,30-31,44-45H,5,22-29H2,1-4H3/q+2. The van der Waals surface area contributed by atoms with Gasteiger partial charge in [0.1, 0.15) is 0 Å². The van der Waals surface area contributed by atoms with Gasteiger partial charge in [-0.3, -0.25) is 0 Å². The van der Waals surface area contributed by atoms with Crippen LogP contribution in [0.3, 0.4) is 0 Å². The average Bonchev–Trinajstić information content (AvgIpc) is 3.08. The Kier molecular flexibility index (Phi) is 14.9. The lowest BCUT2D eigenvalue weighted by Crippen LogP contribution is -2.34. The molecule has 0 bridgehead atoms. The maximum atomic E-state index is 9.31. The lowest BCUT2D eigenvalue weighted by molar-refractivity contribution is -0.692. The van der Waals surface area contributed by atoms with Gasteiger partial charge < -0.3 is 20.0 Å². The van der Waals surface area contributed by atoms with Crippen LogP contribution in [0.5, 0.6) is 0 Å². The Morgan fingerprint density at radius 3 is 1.55 bits per heavy atom. The molecule has 4 rings (SSSR count). The highest BCUT2D eigenvalue weighted by Gasteiger charge is 2.07. The van der Waals surface area contributed by atoms with Crippen LogP contribution in [-0.4, -0.2) is 61.6 Å². The van der Waals surface area contributed by atoms with Gasteiger partial charge >= 0.3 is 0 Å². The summed E-state index contributed by atoms with van der Waals surface area (Å²) < 4.78 is 4.49. The second kappa shape index (κ2) is 19.3. The molecule has 0 spiro atoms. The van der Waals surface area contributed by atoms with Crippen LogP contribution in [0.2, 0.25) is 0 Å². The van der Waals surface area contributed by atoms with Crippen molar-refractivity contribution in [3.8, 4) is 0 Å². The van der Waals surface area contributed by atoms with Crippen LogP contribution < -0.4 is 18.9 Å². The van der Waals surface area contributed by atoms with E-state index in [9.17, 15) is 10.2 Å². The lowest BCUT2D eigenvalue weighted by atomic mass is 10.1. The summed E-state index contributed by atoms with van der Waals surface area (Å²) in [4.78, 5) is 4.25. The fourth-order valence-electron chi connectivity index (χ4n) is 5.23. The zero-order valence-electron chi connectivity index (χ0n) is 28.3. The van der Waals surface area contributed by atoms with Gasteiger partial charge in [0.15, 0.2) is 37.9 Å². The molecule has 0 aliphatic carbocycles. The summed E-state index contributed by atoms with van der Waals surface area (Å²) in [6.07, 6.45) is 17.3. The number of hydrogen-bond acceptors (Lipinski definition) is 6. The van der Waals surface area contributed by atoms with Crippen LogP contribution in [0.1, 0.15) is 40.3 Å². The zero-order chi connectivity index (χ0) is 33.4. The van der Waals surface area contributed by atoms with Gasteiger partial charge in [-0.05, 0) is 78.4 Å². The molecule has 2 N–H and O–H groups in total. The van der Waals surface area contributed by atoms with Crippen LogP contribution in [0.15, 0.2) is 85.5 Å². The van der Waals surface area contributed by atoms with E-state index in [4.69, 9.17) is 0 Å². The molecule has 0 amide bonds. The highest BCUT2D eigenvalue weighted by Crippen LogP contribution is 2.22. The van der Waals surface area contributed by atoms with Gasteiger partial charge in [0.2, 0.25) is 0 Å². The third-order valence-electron chi connectivity index (χ3n) is 8.19. The van der Waals surface area contributed by atoms with E-state index in [1.54, 1.807) is 0 Å². The Labute approximate surface area is 289 Å². The number of aromatic nitrogens is 2. The molecular weight excluding hydrogens is 621 g/mol. The first kappa shape index (κ1) is 36.3. The van der Waals surface area contributed by atoms with Crippen LogP contribution in [0, 0.1) is 13.8 Å². The predicted molar refractivity (Wildman–Crippen MR) is 204 cm³/mol. The van der Waals surface area contributed by atoms with Crippen molar-refractivity contribution in [1.82, 2.24) is 0 Å². The number of aliphatic hydroxyl groups excluding tert-OH is 2. The van der Waals surface area contributed by atoms with Crippen molar-refractivity contribution in [3.05, 3.63) is 119 Å². The maximum Gasteiger partial charge on any atom is 0.169 e. The summed E-state index contributed by atoms with van der Waals surface area (Å²) in [5.74, 6) is 2.13. The first-order valence-corrected chi connectivity index (χ1v) is 18.9. The van der Waals surface area contributed by atoms with Crippen molar-refractivity contribution in [2.75, 3.05) is 61.2 Å². The molecule has 0 saturated heterocycles. The minimum absolute atomic E-state index is 0.153. The van der Waals surface area contributed by atoms with Gasteiger partial charge in [0, 0.05) is 62.3 Å². The molecule has 0 radical (unpaired) electrons. The fourth-order valence-corrected chi connectivity index (χ4v) is 7.19. The molecule has 2 heterocycles. The van der Waals surface area contributed by atoms with Gasteiger partial charge in [-0.2, -0.15) is 0 Å². The maximum absolute atomic E-state index is 9.31. The Hall–Kier alpha value is -3.56. The van der Waals surface area contributed by atoms with E-state index in [0.29, 0.717) is 13.1 Å². The molecule has 0 aliphatic heterocycles. The summed E-state index contributed by atoms with van der Waals surface area (Å²) in [5, 5.41) is 18.5. The Bertz CT molecular complexity index is 1590. The second-order valence-corrected chi connectivity index (χ2v) is 14.3. The van der Waals surface area contributed by atoms with E-state index in [1.165, 1.54) is 33.4 Å². The molecule has 47 heavy (non-hydrogen) atoms. The van der Waals surface area contributed by atoms with Crippen molar-refractivity contribution >= 4 is 57.3 Å². The third kappa shape index (κ3) is 11.6. The molecule has 0 unspecified atom stereocenters. The SMILES string of the molecule is CCN(CCO)c1ccc(C=Cc2cc[n+](CCSSCC[n+]3ccc(C=Cc4ccc(N(C)CCO)cc4C)cc3)cc2)c(C)c1. The number of aryl methyl sites for hydroxylation is 4. The van der Waals surface area contributed by atoms with Gasteiger partial charge in [0.25, 0.3) is 0 Å². The number of benzene rings is 2. The van der Waals surface area contributed by atoms with Crippen molar-refractivity contribution in [2.45, 2.75) is 33.9 Å². The van der Waals surface area contributed by atoms with E-state index in [2.05, 4.69) is 149 Å². The summed E-state index contributed by atoms with van der Waals surface area (Å²) >= 11 is 0. The number of nitrogens with zero attached hydrogens (tertiary/aromatic N) is 4. The van der Waals surface area contributed by atoms with Crippen LogP contribution in [0.25, 0.3) is 24.3 Å². The van der Waals surface area contributed by atoms with E-state index in [0.717, 1.165) is 42.5 Å². The van der Waals surface area contributed by atoms with E-state index in [-0.39, 0.29) is 13.2 Å². The normalized spacial score (nSPS) is 11.5. The summed E-state index contributed by atoms with van der Waals surface area (Å²) in [7, 11) is 5.86. The lowest BCUT2D eigenvalue weighted by Gasteiger charge is -2.22. The molecule has 248 valence electrons. The highest BCUT2D eigenvalue weighted by molar-refractivity contribution is 8.76. The molecule has 4 aromatic rings. The zero-order valence-corrected chi connectivity index (χ0v) is 29.9. The average molecular weight is 671 g/mol. The number of aliphatic hydroxyl groups is 2. The molecule has 2 aromatic heterocycles. The number of likely N-dealkylation sites (N-methyl/N-ethyl adjacent to an activating group) is 2. The van der Waals surface area contributed by atoms with Crippen LogP contribution >= 0.6 is 21.6 Å². The Morgan fingerprint density at radius 2 is 1.11 bits per heavy atom. The predicted octanol–water partition coefficient (Wildman–Crippen LogP) is 6.55. The van der Waals surface area contributed by atoms with Gasteiger partial charge in [-0.1, -0.05) is 58.0 Å². The van der Waals surface area contributed by atoms with E-state index in [1.807, 2.05) is 28.6 Å². The number of pyridine rings is 2. The van der Waals surface area contributed by atoms with Crippen molar-refractivity contribution in [1.29, 1.82) is 0 Å². The summed E-state index contributed by atoms with van der Waals surface area (Å²) in [6.45, 7) is 10.8. The van der Waals surface area contributed by atoms with Crippen LogP contribution in [-0.2, 0) is 13.1 Å². The van der Waals surface area contributed by atoms with E-state index < -0.39 is 0 Å². The number of hydrogen-bond donors (Lipinski definition) is 2. The summed E-state index contributed by atoms with van der Waals surface area (Å²) in [6, 6.07) is 21.6. The molecule has 0 aliphatic rings. The molecule has 8 heteroatoms. The molecule has 0 saturated carbocycles. The number of anilines is 2. The first-order valence-electron chi connectivity index (χ1n) is 16.4. The summed E-state index contributed by atoms with van der Waals surface area (Å²) in [5.41, 5.74) is 9.52. The van der Waals surface area contributed by atoms with Gasteiger partial charge in [0.05, 0.1) is 24.7 Å². The molecular formula is C39H50N4O2S2+2. The topological polar surface area (TPSA) is 54.7 Å². The minimum Gasteiger partial charge on any atom is -0.395 e. The van der Waals surface area contributed by atoms with Gasteiger partial charge in [-0.15, -0.1) is 0 Å². The Balaban J connectivity index is 1.15. The smallest absolute Gasteiger partial charge is 0.169 e. The quantitative estimate of drug-likeness (QED) is 0.0712. The van der Waals surface area contributed by atoms with Crippen molar-refractivity contribution < 1.29 is 19.3 Å². The van der Waals surface area contributed by atoms with Crippen molar-refractivity contribution in [2.24, 2.45) is 0 Å². The largest absolute Gasteiger partial charge is 0.395 e. The molecule has 6 nitrogen and oxygen atoms in total. The number of rotatable bonds is 18. The van der Waals surface area contributed by atoms with E-state index >= 15 is 0 Å².